The van der Waals surface area contributed by atoms with Gasteiger partial charge in [-0.2, -0.15) is 0 Å². The van der Waals surface area contributed by atoms with Crippen LogP contribution in [0.15, 0.2) is 0 Å². The van der Waals surface area contributed by atoms with Gasteiger partial charge in [0.2, 0.25) is 0 Å². The van der Waals surface area contributed by atoms with E-state index < -0.39 is 11.5 Å². The molecule has 0 aromatic heterocycles. The summed E-state index contributed by atoms with van der Waals surface area (Å²) in [6.07, 6.45) is -0.352. The van der Waals surface area contributed by atoms with Gasteiger partial charge in [-0.05, 0) is 6.92 Å². The molecule has 0 amide bonds. The molecule has 1 fully saturated rings. The topological polar surface area (TPSA) is 72.5 Å². The lowest BCUT2D eigenvalue weighted by Crippen LogP contribution is -2.68. The Kier molecular flexibility index (Phi) is 2.65. The molecule has 1 aliphatic rings. The van der Waals surface area contributed by atoms with E-state index in [4.69, 9.17) is 15.6 Å². The Morgan fingerprint density at radius 1 is 1.90 bits per heavy atom. The zero-order valence-electron chi connectivity index (χ0n) is 5.53. The van der Waals surface area contributed by atoms with Gasteiger partial charge in [0.05, 0.1) is 12.7 Å². The number of carbonyl (C=O) groups is 1. The number of hydrogen-bond donors (Lipinski definition) is 2. The normalized spacial score (nSPS) is 37.6. The van der Waals surface area contributed by atoms with Crippen LogP contribution in [0, 0.1) is 0 Å². The molecule has 1 saturated heterocycles. The maximum absolute atomic E-state index is 10.3. The Hall–Kier alpha value is -0.320. The first kappa shape index (κ1) is 9.68. The lowest BCUT2D eigenvalue weighted by atomic mass is 9.91. The van der Waals surface area contributed by atoms with Crippen LogP contribution in [0.25, 0.3) is 0 Å². The molecule has 2 unspecified atom stereocenters. The van der Waals surface area contributed by atoms with E-state index in [0.29, 0.717) is 0 Å². The lowest BCUT2D eigenvalue weighted by Gasteiger charge is -2.40. The van der Waals surface area contributed by atoms with Crippen LogP contribution in [0.2, 0.25) is 0 Å². The first-order valence-corrected chi connectivity index (χ1v) is 2.71. The van der Waals surface area contributed by atoms with Gasteiger partial charge in [-0.15, -0.1) is 12.4 Å². The van der Waals surface area contributed by atoms with Crippen LogP contribution in [0.1, 0.15) is 6.92 Å². The van der Waals surface area contributed by atoms with Crippen molar-refractivity contribution in [1.82, 2.24) is 0 Å². The molecule has 3 N–H and O–H groups in total. The van der Waals surface area contributed by atoms with E-state index in [1.165, 1.54) is 0 Å². The van der Waals surface area contributed by atoms with Gasteiger partial charge in [0, 0.05) is 0 Å². The van der Waals surface area contributed by atoms with Crippen LogP contribution in [0.5, 0.6) is 0 Å². The molecule has 0 bridgehead atoms. The average Bonchev–Trinajstić information content (AvgIpc) is 1.82. The zero-order chi connectivity index (χ0) is 7.07. The van der Waals surface area contributed by atoms with E-state index in [9.17, 15) is 4.79 Å². The number of hydrogen-bond acceptors (Lipinski definition) is 3. The van der Waals surface area contributed by atoms with Gasteiger partial charge in [0.1, 0.15) is 0 Å². The molecule has 0 saturated carbocycles. The lowest BCUT2D eigenvalue weighted by molar-refractivity contribution is -0.176. The van der Waals surface area contributed by atoms with Crippen molar-refractivity contribution in [3.05, 3.63) is 0 Å². The second-order valence-electron chi connectivity index (χ2n) is 2.30. The van der Waals surface area contributed by atoms with Gasteiger partial charge >= 0.3 is 5.97 Å². The maximum atomic E-state index is 10.3. The minimum atomic E-state index is -1.12. The largest absolute Gasteiger partial charge is 0.480 e. The molecule has 10 heavy (non-hydrogen) atoms. The summed E-state index contributed by atoms with van der Waals surface area (Å²) in [6, 6.07) is 0. The first-order valence-electron chi connectivity index (χ1n) is 2.71. The summed E-state index contributed by atoms with van der Waals surface area (Å²) in [5.74, 6) is -0.985. The summed E-state index contributed by atoms with van der Waals surface area (Å²) >= 11 is 0. The highest BCUT2D eigenvalue weighted by Crippen LogP contribution is 2.22. The third kappa shape index (κ3) is 1.10. The van der Waals surface area contributed by atoms with Crippen molar-refractivity contribution in [2.24, 2.45) is 5.73 Å². The van der Waals surface area contributed by atoms with Crippen molar-refractivity contribution >= 4 is 18.4 Å². The Morgan fingerprint density at radius 3 is 2.40 bits per heavy atom. The van der Waals surface area contributed by atoms with Crippen LogP contribution >= 0.6 is 12.4 Å². The van der Waals surface area contributed by atoms with Crippen molar-refractivity contribution in [3.8, 4) is 0 Å². The van der Waals surface area contributed by atoms with Crippen molar-refractivity contribution in [2.45, 2.75) is 18.6 Å². The summed E-state index contributed by atoms with van der Waals surface area (Å²) in [5, 5.41) is 8.46. The average molecular weight is 168 g/mol. The van der Waals surface area contributed by atoms with E-state index in [2.05, 4.69) is 0 Å². The van der Waals surface area contributed by atoms with E-state index in [1.807, 2.05) is 0 Å². The molecular weight excluding hydrogens is 158 g/mol. The quantitative estimate of drug-likeness (QED) is 0.558. The fourth-order valence-corrected chi connectivity index (χ4v) is 0.665. The molecular formula is C5H10ClNO3. The highest BCUT2D eigenvalue weighted by molar-refractivity contribution is 5.85. The fourth-order valence-electron chi connectivity index (χ4n) is 0.665. The van der Waals surface area contributed by atoms with Gasteiger partial charge in [0.25, 0.3) is 0 Å². The smallest absolute Gasteiger partial charge is 0.328 e. The number of halogens is 1. The molecule has 60 valence electrons. The van der Waals surface area contributed by atoms with Crippen molar-refractivity contribution in [3.63, 3.8) is 0 Å². The van der Waals surface area contributed by atoms with Gasteiger partial charge in [0.15, 0.2) is 5.54 Å². The SMILES string of the molecule is CC1OCC1(N)C(=O)O.Cl. The van der Waals surface area contributed by atoms with E-state index >= 15 is 0 Å². The Labute approximate surface area is 64.8 Å². The van der Waals surface area contributed by atoms with Gasteiger partial charge in [-0.3, -0.25) is 4.79 Å². The van der Waals surface area contributed by atoms with Crippen molar-refractivity contribution in [2.75, 3.05) is 6.61 Å². The summed E-state index contributed by atoms with van der Waals surface area (Å²) in [7, 11) is 0. The highest BCUT2D eigenvalue weighted by atomic mass is 35.5. The predicted octanol–water partition coefficient (Wildman–Crippen LogP) is -0.391. The second kappa shape index (κ2) is 2.74. The third-order valence-electron chi connectivity index (χ3n) is 1.70. The van der Waals surface area contributed by atoms with Crippen LogP contribution < -0.4 is 5.73 Å². The van der Waals surface area contributed by atoms with E-state index in [-0.39, 0.29) is 25.1 Å². The minimum Gasteiger partial charge on any atom is -0.480 e. The van der Waals surface area contributed by atoms with Crippen LogP contribution in [0.4, 0.5) is 0 Å². The third-order valence-corrected chi connectivity index (χ3v) is 1.70. The minimum absolute atomic E-state index is 0. The standard InChI is InChI=1S/C5H9NO3.ClH/c1-3-5(6,2-9-3)4(7)8;/h3H,2,6H2,1H3,(H,7,8);1H. The fraction of sp³-hybridized carbons (Fsp3) is 0.800. The van der Waals surface area contributed by atoms with E-state index in [0.717, 1.165) is 0 Å². The molecule has 0 aliphatic carbocycles. The molecule has 5 heteroatoms. The van der Waals surface area contributed by atoms with Gasteiger partial charge in [-0.1, -0.05) is 0 Å². The number of carboxylic acid groups (broad SMARTS) is 1. The van der Waals surface area contributed by atoms with Crippen molar-refractivity contribution < 1.29 is 14.6 Å². The number of nitrogens with two attached hydrogens (primary N) is 1. The molecule has 4 nitrogen and oxygen atoms in total. The monoisotopic (exact) mass is 167 g/mol. The Bertz CT molecular complexity index is 152. The molecule has 2 atom stereocenters. The number of aliphatic carboxylic acids is 1. The zero-order valence-corrected chi connectivity index (χ0v) is 6.35. The predicted molar refractivity (Wildman–Crippen MR) is 37.2 cm³/mol. The van der Waals surface area contributed by atoms with Crippen LogP contribution in [0.3, 0.4) is 0 Å². The maximum Gasteiger partial charge on any atom is 0.328 e. The number of ether oxygens (including phenoxy) is 1. The molecule has 0 spiro atoms. The second-order valence-corrected chi connectivity index (χ2v) is 2.30. The van der Waals surface area contributed by atoms with Crippen LogP contribution in [-0.4, -0.2) is 29.3 Å². The summed E-state index contributed by atoms with van der Waals surface area (Å²) in [4.78, 5) is 10.3. The summed E-state index contributed by atoms with van der Waals surface area (Å²) in [6.45, 7) is 1.78. The number of carboxylic acids is 1. The summed E-state index contributed by atoms with van der Waals surface area (Å²) < 4.78 is 4.80. The molecule has 1 aliphatic heterocycles. The Balaban J connectivity index is 0.000000810. The Morgan fingerprint density at radius 2 is 2.40 bits per heavy atom. The molecule has 0 radical (unpaired) electrons. The van der Waals surface area contributed by atoms with Crippen LogP contribution in [-0.2, 0) is 9.53 Å². The van der Waals surface area contributed by atoms with E-state index in [1.54, 1.807) is 6.92 Å². The molecule has 0 aromatic rings. The molecule has 0 aromatic carbocycles. The highest BCUT2D eigenvalue weighted by Gasteiger charge is 2.49. The van der Waals surface area contributed by atoms with Crippen molar-refractivity contribution in [1.29, 1.82) is 0 Å². The number of rotatable bonds is 1. The van der Waals surface area contributed by atoms with Gasteiger partial charge in [-0.25, -0.2) is 0 Å². The first-order chi connectivity index (χ1) is 4.07. The molecule has 1 rings (SSSR count). The summed E-state index contributed by atoms with van der Waals surface area (Å²) in [5.41, 5.74) is 4.24. The molecule has 1 heterocycles. The van der Waals surface area contributed by atoms with Gasteiger partial charge < -0.3 is 15.6 Å².